The monoisotopic (exact) mass is 250 g/mol. The summed E-state index contributed by atoms with van der Waals surface area (Å²) in [5, 5.41) is 3.51. The summed E-state index contributed by atoms with van der Waals surface area (Å²) in [6, 6.07) is 6.08. The predicted molar refractivity (Wildman–Crippen MR) is 74.6 cm³/mol. The van der Waals surface area contributed by atoms with Gasteiger partial charge in [0.05, 0.1) is 5.69 Å². The molecule has 1 aromatic carbocycles. The van der Waals surface area contributed by atoms with E-state index in [9.17, 15) is 4.39 Å². The fraction of sp³-hybridized carbons (Fsp3) is 0.600. The molecule has 1 N–H and O–H groups in total. The van der Waals surface area contributed by atoms with Crippen LogP contribution in [0.25, 0.3) is 0 Å². The first-order valence-electron chi connectivity index (χ1n) is 6.86. The van der Waals surface area contributed by atoms with E-state index in [1.165, 1.54) is 0 Å². The Morgan fingerprint density at radius 1 is 1.44 bits per heavy atom. The van der Waals surface area contributed by atoms with E-state index >= 15 is 0 Å². The molecule has 1 aromatic rings. The van der Waals surface area contributed by atoms with Crippen LogP contribution in [0.1, 0.15) is 25.8 Å². The van der Waals surface area contributed by atoms with Crippen molar-refractivity contribution in [2.24, 2.45) is 5.92 Å². The molecule has 2 unspecified atom stereocenters. The van der Waals surface area contributed by atoms with Gasteiger partial charge in [0, 0.05) is 19.1 Å². The molecular weight excluding hydrogens is 227 g/mol. The summed E-state index contributed by atoms with van der Waals surface area (Å²) in [5.41, 5.74) is 1.73. The van der Waals surface area contributed by atoms with E-state index in [4.69, 9.17) is 0 Å². The summed E-state index contributed by atoms with van der Waals surface area (Å²) in [5.74, 6) is 0.462. The average molecular weight is 250 g/mol. The molecule has 0 saturated carbocycles. The van der Waals surface area contributed by atoms with Gasteiger partial charge >= 0.3 is 0 Å². The van der Waals surface area contributed by atoms with Crippen LogP contribution >= 0.6 is 0 Å². The van der Waals surface area contributed by atoms with Crippen molar-refractivity contribution in [3.63, 3.8) is 0 Å². The van der Waals surface area contributed by atoms with Crippen LogP contribution in [0.2, 0.25) is 0 Å². The highest BCUT2D eigenvalue weighted by atomic mass is 19.1. The van der Waals surface area contributed by atoms with Crippen LogP contribution in [-0.2, 0) is 0 Å². The smallest absolute Gasteiger partial charge is 0.146 e. The quantitative estimate of drug-likeness (QED) is 0.887. The van der Waals surface area contributed by atoms with Gasteiger partial charge in [-0.2, -0.15) is 0 Å². The van der Waals surface area contributed by atoms with Crippen molar-refractivity contribution in [1.29, 1.82) is 0 Å². The number of nitrogens with zero attached hydrogens (tertiary/aromatic N) is 1. The molecule has 2 rings (SSSR count). The largest absolute Gasteiger partial charge is 0.369 e. The fourth-order valence-electron chi connectivity index (χ4n) is 2.80. The molecule has 0 aliphatic carbocycles. The molecule has 18 heavy (non-hydrogen) atoms. The Kier molecular flexibility index (Phi) is 4.23. The minimum absolute atomic E-state index is 0.0934. The number of aryl methyl sites for hydroxylation is 1. The molecule has 3 heteroatoms. The van der Waals surface area contributed by atoms with Crippen LogP contribution in [0.5, 0.6) is 0 Å². The zero-order valence-electron chi connectivity index (χ0n) is 11.5. The molecule has 2 nitrogen and oxygen atoms in total. The van der Waals surface area contributed by atoms with Crippen LogP contribution in [0, 0.1) is 18.7 Å². The lowest BCUT2D eigenvalue weighted by molar-refractivity contribution is 0.325. The third kappa shape index (κ3) is 2.83. The third-order valence-electron chi connectivity index (χ3n) is 3.82. The highest BCUT2D eigenvalue weighted by Gasteiger charge is 2.26. The average Bonchev–Trinajstić information content (AvgIpc) is 2.32. The molecule has 0 amide bonds. The number of piperidine rings is 1. The first kappa shape index (κ1) is 13.3. The Morgan fingerprint density at radius 2 is 2.22 bits per heavy atom. The van der Waals surface area contributed by atoms with E-state index in [1.807, 2.05) is 19.1 Å². The maximum atomic E-state index is 13.9. The second kappa shape index (κ2) is 5.70. The summed E-state index contributed by atoms with van der Waals surface area (Å²) in [4.78, 5) is 2.17. The van der Waals surface area contributed by atoms with Crippen LogP contribution in [0.4, 0.5) is 10.1 Å². The van der Waals surface area contributed by atoms with Crippen LogP contribution in [0.15, 0.2) is 18.2 Å². The predicted octanol–water partition coefficient (Wildman–Crippen LogP) is 2.96. The minimum Gasteiger partial charge on any atom is -0.369 e. The molecule has 1 heterocycles. The number of nitrogens with one attached hydrogen (secondary N) is 1. The van der Waals surface area contributed by atoms with Crippen molar-refractivity contribution in [2.75, 3.05) is 24.5 Å². The van der Waals surface area contributed by atoms with Crippen molar-refractivity contribution in [2.45, 2.75) is 33.2 Å². The van der Waals surface area contributed by atoms with Crippen molar-refractivity contribution in [3.05, 3.63) is 29.6 Å². The molecule has 0 bridgehead atoms. The van der Waals surface area contributed by atoms with Gasteiger partial charge in [0.25, 0.3) is 0 Å². The van der Waals surface area contributed by atoms with Gasteiger partial charge in [-0.1, -0.05) is 19.9 Å². The molecule has 0 aromatic heterocycles. The van der Waals surface area contributed by atoms with Crippen molar-refractivity contribution in [1.82, 2.24) is 5.32 Å². The van der Waals surface area contributed by atoms with Gasteiger partial charge in [0.2, 0.25) is 0 Å². The van der Waals surface area contributed by atoms with Gasteiger partial charge < -0.3 is 10.2 Å². The Morgan fingerprint density at radius 3 is 2.83 bits per heavy atom. The maximum absolute atomic E-state index is 13.9. The molecule has 2 atom stereocenters. The lowest BCUT2D eigenvalue weighted by Crippen LogP contribution is -2.48. The first-order valence-corrected chi connectivity index (χ1v) is 6.86. The van der Waals surface area contributed by atoms with Crippen molar-refractivity contribution >= 4 is 5.69 Å². The molecule has 1 saturated heterocycles. The number of hydrogen-bond acceptors (Lipinski definition) is 2. The number of rotatable bonds is 3. The van der Waals surface area contributed by atoms with Gasteiger partial charge in [-0.05, 0) is 43.5 Å². The van der Waals surface area contributed by atoms with E-state index in [-0.39, 0.29) is 5.82 Å². The normalized spacial score (nSPS) is 24.3. The topological polar surface area (TPSA) is 15.3 Å². The highest BCUT2D eigenvalue weighted by molar-refractivity contribution is 5.49. The Balaban J connectivity index is 2.07. The van der Waals surface area contributed by atoms with Gasteiger partial charge in [-0.25, -0.2) is 4.39 Å². The van der Waals surface area contributed by atoms with Crippen LogP contribution in [0.3, 0.4) is 0 Å². The highest BCUT2D eigenvalue weighted by Crippen LogP contribution is 2.26. The van der Waals surface area contributed by atoms with Crippen LogP contribution < -0.4 is 10.2 Å². The molecule has 1 aliphatic heterocycles. The molecule has 0 radical (unpaired) electrons. The Bertz CT molecular complexity index is 405. The molecule has 100 valence electrons. The second-order valence-electron chi connectivity index (χ2n) is 5.33. The van der Waals surface area contributed by atoms with Gasteiger partial charge in [-0.3, -0.25) is 0 Å². The summed E-state index contributed by atoms with van der Waals surface area (Å²) >= 11 is 0. The Labute approximate surface area is 109 Å². The van der Waals surface area contributed by atoms with Crippen molar-refractivity contribution < 1.29 is 4.39 Å². The SMILES string of the molecule is CCNC1CCN(c2ccc(C)cc2F)CC1C. The lowest BCUT2D eigenvalue weighted by Gasteiger charge is -2.38. The van der Waals surface area contributed by atoms with E-state index in [1.54, 1.807) is 6.07 Å². The van der Waals surface area contributed by atoms with Gasteiger partial charge in [-0.15, -0.1) is 0 Å². The maximum Gasteiger partial charge on any atom is 0.146 e. The number of anilines is 1. The summed E-state index contributed by atoms with van der Waals surface area (Å²) in [7, 11) is 0. The summed E-state index contributed by atoms with van der Waals surface area (Å²) in [6.45, 7) is 9.17. The standard InChI is InChI=1S/C15H23FN2/c1-4-17-14-7-8-18(10-12(14)3)15-6-5-11(2)9-13(15)16/h5-6,9,12,14,17H,4,7-8,10H2,1-3H3. The van der Waals surface area contributed by atoms with E-state index in [0.29, 0.717) is 12.0 Å². The number of benzene rings is 1. The minimum atomic E-state index is -0.0934. The third-order valence-corrected chi connectivity index (χ3v) is 3.82. The van der Waals surface area contributed by atoms with E-state index < -0.39 is 0 Å². The molecule has 0 spiro atoms. The fourth-order valence-corrected chi connectivity index (χ4v) is 2.80. The first-order chi connectivity index (χ1) is 8.61. The van der Waals surface area contributed by atoms with E-state index in [2.05, 4.69) is 24.1 Å². The molecular formula is C15H23FN2. The molecule has 1 aliphatic rings. The zero-order valence-corrected chi connectivity index (χ0v) is 11.5. The summed E-state index contributed by atoms with van der Waals surface area (Å²) in [6.07, 6.45) is 1.09. The van der Waals surface area contributed by atoms with E-state index in [0.717, 1.165) is 37.3 Å². The van der Waals surface area contributed by atoms with Gasteiger partial charge in [0.1, 0.15) is 5.82 Å². The van der Waals surface area contributed by atoms with Gasteiger partial charge in [0.15, 0.2) is 0 Å². The molecule has 1 fully saturated rings. The summed E-state index contributed by atoms with van der Waals surface area (Å²) < 4.78 is 13.9. The number of hydrogen-bond donors (Lipinski definition) is 1. The second-order valence-corrected chi connectivity index (χ2v) is 5.33. The lowest BCUT2D eigenvalue weighted by atomic mass is 9.93. The van der Waals surface area contributed by atoms with Crippen molar-refractivity contribution in [3.8, 4) is 0 Å². The zero-order chi connectivity index (χ0) is 13.1. The Hall–Kier alpha value is -1.09. The van der Waals surface area contributed by atoms with Crippen LogP contribution in [-0.4, -0.2) is 25.7 Å². The number of halogens is 1.